The number of rotatable bonds is 5. The van der Waals surface area contributed by atoms with Crippen LogP contribution in [-0.2, 0) is 10.3 Å². The van der Waals surface area contributed by atoms with Crippen LogP contribution in [0.2, 0.25) is 0 Å². The van der Waals surface area contributed by atoms with Crippen molar-refractivity contribution in [3.8, 4) is 0 Å². The quantitative estimate of drug-likeness (QED) is 0.750. The van der Waals surface area contributed by atoms with Crippen LogP contribution in [0, 0.1) is 5.92 Å². The highest BCUT2D eigenvalue weighted by Gasteiger charge is 2.20. The van der Waals surface area contributed by atoms with Crippen molar-refractivity contribution in [1.82, 2.24) is 9.78 Å². The molecule has 0 saturated carbocycles. The third kappa shape index (κ3) is 3.34. The molecule has 1 heterocycles. The van der Waals surface area contributed by atoms with Gasteiger partial charge in [0.15, 0.2) is 5.78 Å². The number of hydrogen-bond acceptors (Lipinski definition) is 2. The van der Waals surface area contributed by atoms with Gasteiger partial charge in [0.1, 0.15) is 0 Å². The smallest absolute Gasteiger partial charge is 0.156 e. The van der Waals surface area contributed by atoms with Gasteiger partial charge >= 0.3 is 0 Å². The van der Waals surface area contributed by atoms with Crippen molar-refractivity contribution in [3.05, 3.63) is 23.5 Å². The van der Waals surface area contributed by atoms with Gasteiger partial charge in [-0.3, -0.25) is 9.48 Å². The zero-order valence-electron chi connectivity index (χ0n) is 13.2. The Bertz CT molecular complexity index is 493. The van der Waals surface area contributed by atoms with E-state index in [0.29, 0.717) is 0 Å². The molecule has 0 amide bonds. The summed E-state index contributed by atoms with van der Waals surface area (Å²) in [5, 5.41) is 4.45. The number of Topliss-reactive ketones (excluding diaryl/α,β-unsaturated/α-hetero) is 1. The standard InChI is InChI=1S/C16H26N2O/c1-8-16(6,7)18-10-14(9-17-18)12(4)15(11(2)3)13(5)19/h9-11H,8H2,1-7H3/b15-12+. The summed E-state index contributed by atoms with van der Waals surface area (Å²) in [6.07, 6.45) is 4.92. The second-order valence-corrected chi connectivity index (χ2v) is 6.09. The molecule has 0 atom stereocenters. The molecule has 0 aliphatic rings. The molecule has 0 bridgehead atoms. The van der Waals surface area contributed by atoms with Crippen molar-refractivity contribution in [3.63, 3.8) is 0 Å². The molecule has 0 N–H and O–H groups in total. The summed E-state index contributed by atoms with van der Waals surface area (Å²) in [7, 11) is 0. The number of hydrogen-bond donors (Lipinski definition) is 0. The molecule has 0 unspecified atom stereocenters. The number of aromatic nitrogens is 2. The largest absolute Gasteiger partial charge is 0.295 e. The van der Waals surface area contributed by atoms with Crippen LogP contribution in [0.25, 0.3) is 5.57 Å². The van der Waals surface area contributed by atoms with Crippen LogP contribution in [0.1, 0.15) is 60.5 Å². The Morgan fingerprint density at radius 3 is 2.37 bits per heavy atom. The fourth-order valence-electron chi connectivity index (χ4n) is 2.27. The molecule has 0 aromatic carbocycles. The first-order valence-electron chi connectivity index (χ1n) is 6.98. The average Bonchev–Trinajstić information content (AvgIpc) is 2.77. The van der Waals surface area contributed by atoms with E-state index in [2.05, 4.69) is 39.7 Å². The predicted molar refractivity (Wildman–Crippen MR) is 80.0 cm³/mol. The van der Waals surface area contributed by atoms with E-state index in [1.807, 2.05) is 24.0 Å². The monoisotopic (exact) mass is 262 g/mol. The molecule has 19 heavy (non-hydrogen) atoms. The number of ketones is 1. The molecular formula is C16H26N2O. The summed E-state index contributed by atoms with van der Waals surface area (Å²) < 4.78 is 1.99. The van der Waals surface area contributed by atoms with Gasteiger partial charge < -0.3 is 0 Å². The van der Waals surface area contributed by atoms with Crippen molar-refractivity contribution in [2.45, 2.75) is 60.4 Å². The van der Waals surface area contributed by atoms with E-state index in [0.717, 1.165) is 23.1 Å². The molecule has 0 fully saturated rings. The van der Waals surface area contributed by atoms with Gasteiger partial charge in [0.25, 0.3) is 0 Å². The summed E-state index contributed by atoms with van der Waals surface area (Å²) in [6, 6.07) is 0. The zero-order valence-corrected chi connectivity index (χ0v) is 13.2. The lowest BCUT2D eigenvalue weighted by Gasteiger charge is -2.23. The molecule has 106 valence electrons. The van der Waals surface area contributed by atoms with Crippen LogP contribution in [-0.4, -0.2) is 15.6 Å². The number of carbonyl (C=O) groups excluding carboxylic acids is 1. The molecule has 1 aromatic rings. The zero-order chi connectivity index (χ0) is 14.8. The Balaban J connectivity index is 3.24. The highest BCUT2D eigenvalue weighted by atomic mass is 16.1. The van der Waals surface area contributed by atoms with Gasteiger partial charge in [0, 0.05) is 17.3 Å². The minimum absolute atomic E-state index is 0.00669. The van der Waals surface area contributed by atoms with Crippen LogP contribution >= 0.6 is 0 Å². The Kier molecular flexibility index (Phi) is 4.72. The molecule has 0 saturated heterocycles. The van der Waals surface area contributed by atoms with Crippen molar-refractivity contribution >= 4 is 11.4 Å². The molecular weight excluding hydrogens is 236 g/mol. The summed E-state index contributed by atoms with van der Waals surface area (Å²) in [4.78, 5) is 11.8. The lowest BCUT2D eigenvalue weighted by Crippen LogP contribution is -2.25. The minimum Gasteiger partial charge on any atom is -0.295 e. The molecule has 0 aliphatic heterocycles. The van der Waals surface area contributed by atoms with Crippen molar-refractivity contribution in [2.24, 2.45) is 5.92 Å². The van der Waals surface area contributed by atoms with E-state index >= 15 is 0 Å². The predicted octanol–water partition coefficient (Wildman–Crippen LogP) is 4.05. The van der Waals surface area contributed by atoms with Crippen LogP contribution in [0.3, 0.4) is 0 Å². The molecule has 1 rings (SSSR count). The first kappa shape index (κ1) is 15.7. The summed E-state index contributed by atoms with van der Waals surface area (Å²) in [5.74, 6) is 0.384. The Labute approximate surface area is 116 Å². The third-order valence-corrected chi connectivity index (χ3v) is 3.86. The van der Waals surface area contributed by atoms with E-state index in [-0.39, 0.29) is 17.2 Å². The van der Waals surface area contributed by atoms with E-state index in [9.17, 15) is 4.79 Å². The topological polar surface area (TPSA) is 34.9 Å². The van der Waals surface area contributed by atoms with Gasteiger partial charge in [-0.1, -0.05) is 20.8 Å². The second-order valence-electron chi connectivity index (χ2n) is 6.09. The Morgan fingerprint density at radius 2 is 1.95 bits per heavy atom. The summed E-state index contributed by atoms with van der Waals surface area (Å²) in [5.41, 5.74) is 2.99. The molecule has 0 radical (unpaired) electrons. The lowest BCUT2D eigenvalue weighted by molar-refractivity contribution is -0.113. The summed E-state index contributed by atoms with van der Waals surface area (Å²) in [6.45, 7) is 14.2. The molecule has 3 nitrogen and oxygen atoms in total. The lowest BCUT2D eigenvalue weighted by atomic mass is 9.92. The van der Waals surface area contributed by atoms with E-state index in [1.165, 1.54) is 0 Å². The van der Waals surface area contributed by atoms with Crippen LogP contribution in [0.4, 0.5) is 0 Å². The molecule has 0 spiro atoms. The van der Waals surface area contributed by atoms with E-state index in [1.54, 1.807) is 6.92 Å². The van der Waals surface area contributed by atoms with Crippen LogP contribution in [0.15, 0.2) is 18.0 Å². The highest BCUT2D eigenvalue weighted by molar-refractivity contribution is 6.01. The number of nitrogens with zero attached hydrogens (tertiary/aromatic N) is 2. The van der Waals surface area contributed by atoms with Crippen molar-refractivity contribution in [1.29, 1.82) is 0 Å². The Hall–Kier alpha value is -1.38. The molecule has 3 heteroatoms. The maximum absolute atomic E-state index is 11.8. The highest BCUT2D eigenvalue weighted by Crippen LogP contribution is 2.26. The SMILES string of the molecule is CCC(C)(C)n1cc(/C(C)=C(/C(C)=O)C(C)C)cn1. The normalized spacial score (nSPS) is 13.7. The Morgan fingerprint density at radius 1 is 1.37 bits per heavy atom. The summed E-state index contributed by atoms with van der Waals surface area (Å²) >= 11 is 0. The van der Waals surface area contributed by atoms with E-state index < -0.39 is 0 Å². The van der Waals surface area contributed by atoms with Gasteiger partial charge in [-0.05, 0) is 45.6 Å². The number of carbonyl (C=O) groups is 1. The van der Waals surface area contributed by atoms with Crippen LogP contribution < -0.4 is 0 Å². The van der Waals surface area contributed by atoms with Gasteiger partial charge in [0.05, 0.1) is 11.7 Å². The third-order valence-electron chi connectivity index (χ3n) is 3.86. The first-order valence-corrected chi connectivity index (χ1v) is 6.98. The average molecular weight is 262 g/mol. The van der Waals surface area contributed by atoms with E-state index in [4.69, 9.17) is 0 Å². The van der Waals surface area contributed by atoms with Crippen molar-refractivity contribution < 1.29 is 4.79 Å². The van der Waals surface area contributed by atoms with Gasteiger partial charge in [0.2, 0.25) is 0 Å². The maximum atomic E-state index is 11.8. The number of allylic oxidation sites excluding steroid dienone is 2. The minimum atomic E-state index is 0.00669. The van der Waals surface area contributed by atoms with Crippen LogP contribution in [0.5, 0.6) is 0 Å². The molecule has 1 aromatic heterocycles. The van der Waals surface area contributed by atoms with Gasteiger partial charge in [-0.2, -0.15) is 5.10 Å². The van der Waals surface area contributed by atoms with Gasteiger partial charge in [-0.15, -0.1) is 0 Å². The second kappa shape index (κ2) is 5.72. The first-order chi connectivity index (χ1) is 8.70. The van der Waals surface area contributed by atoms with Gasteiger partial charge in [-0.25, -0.2) is 0 Å². The fraction of sp³-hybridized carbons (Fsp3) is 0.625. The maximum Gasteiger partial charge on any atom is 0.156 e. The fourth-order valence-corrected chi connectivity index (χ4v) is 2.27. The molecule has 0 aliphatic carbocycles. The van der Waals surface area contributed by atoms with Crippen molar-refractivity contribution in [2.75, 3.05) is 0 Å².